The zero-order valence-corrected chi connectivity index (χ0v) is 19.6. The van der Waals surface area contributed by atoms with Crippen LogP contribution in [0.25, 0.3) is 0 Å². The summed E-state index contributed by atoms with van der Waals surface area (Å²) in [6, 6.07) is 5.12. The lowest BCUT2D eigenvalue weighted by molar-refractivity contribution is -0.136. The van der Waals surface area contributed by atoms with E-state index in [0.717, 1.165) is 15.3 Å². The third-order valence-corrected chi connectivity index (χ3v) is 7.68. The van der Waals surface area contributed by atoms with Crippen LogP contribution in [0.4, 0.5) is 0 Å². The number of esters is 1. The molecule has 1 fully saturated rings. The molecule has 10 nitrogen and oxygen atoms in total. The Hall–Kier alpha value is -3.86. The summed E-state index contributed by atoms with van der Waals surface area (Å²) in [5, 5.41) is 2.16. The van der Waals surface area contributed by atoms with E-state index in [1.165, 1.54) is 36.6 Å². The highest BCUT2D eigenvalue weighted by Gasteiger charge is 2.46. The Morgan fingerprint density at radius 2 is 1.91 bits per heavy atom. The lowest BCUT2D eigenvalue weighted by atomic mass is 10.0. The van der Waals surface area contributed by atoms with Gasteiger partial charge in [0, 0.05) is 24.4 Å². The van der Waals surface area contributed by atoms with Gasteiger partial charge in [-0.25, -0.2) is 4.79 Å². The predicted molar refractivity (Wildman–Crippen MR) is 122 cm³/mol. The number of carbonyl (C=O) groups is 6. The van der Waals surface area contributed by atoms with Crippen LogP contribution in [0.5, 0.6) is 0 Å². The Morgan fingerprint density at radius 3 is 2.66 bits per heavy atom. The molecule has 1 saturated heterocycles. The second-order valence-electron chi connectivity index (χ2n) is 8.56. The summed E-state index contributed by atoms with van der Waals surface area (Å²) in [6.07, 6.45) is 1.42. The van der Waals surface area contributed by atoms with E-state index >= 15 is 0 Å². The first kappa shape index (κ1) is 22.9. The van der Waals surface area contributed by atoms with Gasteiger partial charge in [0.2, 0.25) is 11.8 Å². The van der Waals surface area contributed by atoms with Crippen molar-refractivity contribution in [3.05, 3.63) is 56.3 Å². The van der Waals surface area contributed by atoms with Gasteiger partial charge in [0.1, 0.15) is 10.9 Å². The Balaban J connectivity index is 1.44. The van der Waals surface area contributed by atoms with E-state index in [1.54, 1.807) is 11.0 Å². The van der Waals surface area contributed by atoms with Crippen molar-refractivity contribution in [3.8, 4) is 0 Å². The zero-order valence-electron chi connectivity index (χ0n) is 18.8. The van der Waals surface area contributed by atoms with Crippen molar-refractivity contribution < 1.29 is 33.5 Å². The van der Waals surface area contributed by atoms with Gasteiger partial charge in [-0.3, -0.25) is 34.2 Å². The number of hydrogen-bond acceptors (Lipinski definition) is 8. The van der Waals surface area contributed by atoms with Crippen LogP contribution in [-0.2, 0) is 27.3 Å². The summed E-state index contributed by atoms with van der Waals surface area (Å²) in [5.74, 6) is -3.38. The molecule has 1 unspecified atom stereocenters. The van der Waals surface area contributed by atoms with Gasteiger partial charge >= 0.3 is 5.97 Å². The van der Waals surface area contributed by atoms with Gasteiger partial charge in [0.05, 0.1) is 23.8 Å². The standard InChI is InChI=1S/C24H21N3O7S/c1-34-24(33)17-10-12-11-26(9-3-6-16(12)35-17)21(30)13-4-2-5-14-19(13)23(32)27(22(14)31)15-7-8-18(28)25-20(15)29/h2,4-5,10,15H,3,6-9,11H2,1H3,(H,25,28,29). The molecule has 1 aromatic carbocycles. The van der Waals surface area contributed by atoms with E-state index < -0.39 is 41.5 Å². The van der Waals surface area contributed by atoms with E-state index in [2.05, 4.69) is 5.32 Å². The smallest absolute Gasteiger partial charge is 0.348 e. The summed E-state index contributed by atoms with van der Waals surface area (Å²) in [5.41, 5.74) is 0.964. The molecule has 11 heteroatoms. The number of piperidine rings is 1. The molecule has 180 valence electrons. The molecule has 1 N–H and O–H groups in total. The Bertz CT molecular complexity index is 1310. The average molecular weight is 496 g/mol. The molecule has 5 rings (SSSR count). The van der Waals surface area contributed by atoms with Crippen molar-refractivity contribution in [3.63, 3.8) is 0 Å². The number of fused-ring (bicyclic) bond motifs is 2. The Labute approximate surface area is 203 Å². The first-order chi connectivity index (χ1) is 16.8. The summed E-state index contributed by atoms with van der Waals surface area (Å²) >= 11 is 1.35. The van der Waals surface area contributed by atoms with Crippen LogP contribution >= 0.6 is 11.3 Å². The molecule has 35 heavy (non-hydrogen) atoms. The van der Waals surface area contributed by atoms with Crippen LogP contribution < -0.4 is 5.32 Å². The molecule has 3 aliphatic rings. The van der Waals surface area contributed by atoms with Gasteiger partial charge in [-0.05, 0) is 43.0 Å². The summed E-state index contributed by atoms with van der Waals surface area (Å²) in [4.78, 5) is 79.7. The van der Waals surface area contributed by atoms with E-state index in [9.17, 15) is 28.8 Å². The molecule has 1 atom stereocenters. The van der Waals surface area contributed by atoms with Crippen molar-refractivity contribution >= 4 is 46.8 Å². The SMILES string of the molecule is COC(=O)c1cc2c(s1)CCCN(C(=O)c1cccc3c1C(=O)N(C1CCC(=O)NC1=O)C3=O)C2. The number of methoxy groups -OCH3 is 1. The monoisotopic (exact) mass is 495 g/mol. The van der Waals surface area contributed by atoms with Crippen LogP contribution in [0.15, 0.2) is 24.3 Å². The number of imide groups is 2. The number of nitrogens with zero attached hydrogens (tertiary/aromatic N) is 2. The van der Waals surface area contributed by atoms with Gasteiger partial charge in [-0.2, -0.15) is 0 Å². The number of amides is 5. The van der Waals surface area contributed by atoms with Crippen LogP contribution in [0.1, 0.15) is 70.4 Å². The lowest BCUT2D eigenvalue weighted by Gasteiger charge is -2.28. The number of benzene rings is 1. The second-order valence-corrected chi connectivity index (χ2v) is 9.69. The molecule has 4 heterocycles. The maximum Gasteiger partial charge on any atom is 0.348 e. The predicted octanol–water partition coefficient (Wildman–Crippen LogP) is 1.52. The minimum absolute atomic E-state index is 0.0138. The Morgan fingerprint density at radius 1 is 1.11 bits per heavy atom. The molecule has 0 aliphatic carbocycles. The van der Waals surface area contributed by atoms with Crippen molar-refractivity contribution in [1.29, 1.82) is 0 Å². The van der Waals surface area contributed by atoms with Gasteiger partial charge in [0.15, 0.2) is 0 Å². The maximum atomic E-state index is 13.6. The van der Waals surface area contributed by atoms with Gasteiger partial charge in [-0.15, -0.1) is 11.3 Å². The largest absolute Gasteiger partial charge is 0.465 e. The summed E-state index contributed by atoms with van der Waals surface area (Å²) < 4.78 is 4.80. The van der Waals surface area contributed by atoms with E-state index in [4.69, 9.17) is 4.74 Å². The third-order valence-electron chi connectivity index (χ3n) is 6.46. The van der Waals surface area contributed by atoms with E-state index in [-0.39, 0.29) is 36.1 Å². The second kappa shape index (κ2) is 8.73. The fraction of sp³-hybridized carbons (Fsp3) is 0.333. The van der Waals surface area contributed by atoms with Crippen molar-refractivity contribution in [1.82, 2.24) is 15.1 Å². The van der Waals surface area contributed by atoms with Crippen LogP contribution in [-0.4, -0.2) is 65.0 Å². The van der Waals surface area contributed by atoms with Gasteiger partial charge in [-0.1, -0.05) is 6.07 Å². The van der Waals surface area contributed by atoms with Crippen LogP contribution in [0.3, 0.4) is 0 Å². The number of hydrogen-bond donors (Lipinski definition) is 1. The summed E-state index contributed by atoms with van der Waals surface area (Å²) in [6.45, 7) is 0.695. The van der Waals surface area contributed by atoms with Crippen molar-refractivity contribution in [2.24, 2.45) is 0 Å². The number of rotatable bonds is 3. The molecule has 0 bridgehead atoms. The van der Waals surface area contributed by atoms with Crippen molar-refractivity contribution in [2.75, 3.05) is 13.7 Å². The fourth-order valence-electron chi connectivity index (χ4n) is 4.77. The molecule has 2 aromatic rings. The maximum absolute atomic E-state index is 13.6. The highest BCUT2D eigenvalue weighted by Crippen LogP contribution is 2.33. The molecule has 3 aliphatic heterocycles. The molecular weight excluding hydrogens is 474 g/mol. The number of carbonyl (C=O) groups excluding carboxylic acids is 6. The Kier molecular flexibility index (Phi) is 5.72. The first-order valence-corrected chi connectivity index (χ1v) is 12.0. The normalized spacial score (nSPS) is 19.7. The first-order valence-electron chi connectivity index (χ1n) is 11.1. The lowest BCUT2D eigenvalue weighted by Crippen LogP contribution is -2.54. The van der Waals surface area contributed by atoms with Gasteiger partial charge in [0.25, 0.3) is 17.7 Å². The number of nitrogens with one attached hydrogen (secondary N) is 1. The minimum Gasteiger partial charge on any atom is -0.465 e. The average Bonchev–Trinajstić information content (AvgIpc) is 3.28. The topological polar surface area (TPSA) is 130 Å². The molecular formula is C24H21N3O7S. The number of thiophene rings is 1. The minimum atomic E-state index is -1.11. The molecule has 0 spiro atoms. The number of aryl methyl sites for hydroxylation is 1. The van der Waals surface area contributed by atoms with E-state index in [1.807, 2.05) is 0 Å². The third kappa shape index (κ3) is 3.81. The molecule has 0 saturated carbocycles. The quantitative estimate of drug-likeness (QED) is 0.505. The highest BCUT2D eigenvalue weighted by atomic mass is 32.1. The molecule has 1 aromatic heterocycles. The van der Waals surface area contributed by atoms with Crippen LogP contribution in [0, 0.1) is 0 Å². The molecule has 0 radical (unpaired) electrons. The van der Waals surface area contributed by atoms with Crippen LogP contribution in [0.2, 0.25) is 0 Å². The van der Waals surface area contributed by atoms with E-state index in [0.29, 0.717) is 24.3 Å². The van der Waals surface area contributed by atoms with Crippen molar-refractivity contribution in [2.45, 2.75) is 38.3 Å². The summed E-state index contributed by atoms with van der Waals surface area (Å²) in [7, 11) is 1.31. The zero-order chi connectivity index (χ0) is 24.9. The van der Waals surface area contributed by atoms with Gasteiger partial charge < -0.3 is 9.64 Å². The highest BCUT2D eigenvalue weighted by molar-refractivity contribution is 7.14. The number of ether oxygens (including phenoxy) is 1. The fourth-order valence-corrected chi connectivity index (χ4v) is 5.90. The molecule has 5 amide bonds.